The van der Waals surface area contributed by atoms with Crippen molar-refractivity contribution in [2.45, 2.75) is 42.9 Å². The normalized spacial score (nSPS) is 11.7. The Hall–Kier alpha value is -3.65. The van der Waals surface area contributed by atoms with Crippen LogP contribution in [-0.4, -0.2) is 34.4 Å². The second-order valence-corrected chi connectivity index (χ2v) is 10.5. The molecule has 8 heteroatoms. The van der Waals surface area contributed by atoms with E-state index in [1.807, 2.05) is 13.8 Å². The van der Waals surface area contributed by atoms with E-state index in [1.165, 1.54) is 30.5 Å². The molecular weight excluding hydrogens is 450 g/mol. The first-order chi connectivity index (χ1) is 16.2. The number of ketones is 2. The number of imidazole rings is 1. The van der Waals surface area contributed by atoms with Crippen molar-refractivity contribution in [3.05, 3.63) is 90.0 Å². The highest BCUT2D eigenvalue weighted by Gasteiger charge is 2.20. The summed E-state index contributed by atoms with van der Waals surface area (Å²) in [5.74, 6) is 0.595. The van der Waals surface area contributed by atoms with Gasteiger partial charge in [0.25, 0.3) is 0 Å². The molecule has 0 unspecified atom stereocenters. The van der Waals surface area contributed by atoms with Crippen LogP contribution in [0.3, 0.4) is 0 Å². The third kappa shape index (κ3) is 5.12. The number of carbonyl (C=O) groups is 2. The molecule has 0 bridgehead atoms. The van der Waals surface area contributed by atoms with Crippen molar-refractivity contribution in [2.75, 3.05) is 0 Å². The highest BCUT2D eigenvalue weighted by Crippen LogP contribution is 2.23. The van der Waals surface area contributed by atoms with Crippen LogP contribution in [0.15, 0.2) is 83.1 Å². The fourth-order valence-corrected chi connectivity index (χ4v) is 4.97. The molecule has 4 aromatic rings. The summed E-state index contributed by atoms with van der Waals surface area (Å²) in [5, 5.41) is 0. The predicted octanol–water partition coefficient (Wildman–Crippen LogP) is 4.61. The maximum Gasteiger partial charge on any atom is 0.233 e. The van der Waals surface area contributed by atoms with Gasteiger partial charge < -0.3 is 0 Å². The van der Waals surface area contributed by atoms with Gasteiger partial charge in [0.05, 0.1) is 15.4 Å². The van der Waals surface area contributed by atoms with Gasteiger partial charge in [0.2, 0.25) is 15.6 Å². The molecule has 0 saturated carbocycles. The number of aryl methyl sites for hydroxylation is 1. The number of rotatable bonds is 9. The van der Waals surface area contributed by atoms with Gasteiger partial charge in [0, 0.05) is 43.2 Å². The fourth-order valence-electron chi connectivity index (χ4n) is 3.66. The number of nitrogens with zero attached hydrogens (tertiary/aromatic N) is 3. The molecule has 174 valence electrons. The standard InChI is InChI=1S/C26H25N3O4S/c1-18(2)14-25(31)20-4-3-5-23(15-20)34(32,33)22-9-6-19(7-10-22)8-11-24(30)21-16-28-26-27-12-13-29(26)17-21/h3-7,9-10,12-13,15-18H,8,11,14H2,1-2H3. The molecular formula is C26H25N3O4S. The summed E-state index contributed by atoms with van der Waals surface area (Å²) in [7, 11) is -3.77. The van der Waals surface area contributed by atoms with Crippen molar-refractivity contribution in [3.8, 4) is 0 Å². The van der Waals surface area contributed by atoms with Gasteiger partial charge in [-0.05, 0) is 42.2 Å². The number of benzene rings is 2. The van der Waals surface area contributed by atoms with Crippen LogP contribution in [0.4, 0.5) is 0 Å². The number of sulfone groups is 1. The Morgan fingerprint density at radius 3 is 2.44 bits per heavy atom. The van der Waals surface area contributed by atoms with E-state index >= 15 is 0 Å². The number of hydrogen-bond acceptors (Lipinski definition) is 6. The summed E-state index contributed by atoms with van der Waals surface area (Å²) in [6.45, 7) is 3.89. The van der Waals surface area contributed by atoms with E-state index in [1.54, 1.807) is 47.3 Å². The van der Waals surface area contributed by atoms with Gasteiger partial charge in [-0.3, -0.25) is 14.0 Å². The first-order valence-electron chi connectivity index (χ1n) is 11.0. The minimum absolute atomic E-state index is 0.0531. The van der Waals surface area contributed by atoms with E-state index in [0.717, 1.165) is 5.56 Å². The Morgan fingerprint density at radius 1 is 0.941 bits per heavy atom. The largest absolute Gasteiger partial charge is 0.294 e. The van der Waals surface area contributed by atoms with Gasteiger partial charge >= 0.3 is 0 Å². The fraction of sp³-hybridized carbons (Fsp3) is 0.231. The molecule has 2 heterocycles. The molecule has 0 aliphatic carbocycles. The average molecular weight is 476 g/mol. The smallest absolute Gasteiger partial charge is 0.233 e. The lowest BCUT2D eigenvalue weighted by atomic mass is 10.0. The maximum atomic E-state index is 13.1. The zero-order valence-corrected chi connectivity index (χ0v) is 19.8. The van der Waals surface area contributed by atoms with E-state index < -0.39 is 9.84 Å². The van der Waals surface area contributed by atoms with Gasteiger partial charge in [-0.2, -0.15) is 0 Å². The topological polar surface area (TPSA) is 98.5 Å². The van der Waals surface area contributed by atoms with Crippen LogP contribution in [0, 0.1) is 5.92 Å². The molecule has 7 nitrogen and oxygen atoms in total. The molecule has 0 amide bonds. The average Bonchev–Trinajstić information content (AvgIpc) is 3.30. The van der Waals surface area contributed by atoms with Gasteiger partial charge in [-0.1, -0.05) is 38.1 Å². The number of carbonyl (C=O) groups excluding carboxylic acids is 2. The third-order valence-electron chi connectivity index (χ3n) is 5.50. The summed E-state index contributed by atoms with van der Waals surface area (Å²) in [5.41, 5.74) is 1.75. The minimum atomic E-state index is -3.77. The number of aromatic nitrogens is 3. The summed E-state index contributed by atoms with van der Waals surface area (Å²) in [6.07, 6.45) is 7.67. The van der Waals surface area contributed by atoms with Crippen LogP contribution in [0.25, 0.3) is 5.78 Å². The van der Waals surface area contributed by atoms with Crippen molar-refractivity contribution >= 4 is 27.2 Å². The molecule has 0 saturated heterocycles. The highest BCUT2D eigenvalue weighted by molar-refractivity contribution is 7.91. The van der Waals surface area contributed by atoms with Crippen LogP contribution in [0.2, 0.25) is 0 Å². The van der Waals surface area contributed by atoms with Crippen LogP contribution in [0.1, 0.15) is 53.0 Å². The number of hydrogen-bond donors (Lipinski definition) is 0. The van der Waals surface area contributed by atoms with Crippen LogP contribution < -0.4 is 0 Å². The van der Waals surface area contributed by atoms with Gasteiger partial charge in [0.15, 0.2) is 11.6 Å². The zero-order valence-electron chi connectivity index (χ0n) is 19.0. The summed E-state index contributed by atoms with van der Waals surface area (Å²) >= 11 is 0. The van der Waals surface area contributed by atoms with Crippen LogP contribution in [-0.2, 0) is 16.3 Å². The first kappa shape index (κ1) is 23.5. The molecule has 0 aliphatic rings. The minimum Gasteiger partial charge on any atom is -0.294 e. The molecule has 2 aromatic heterocycles. The van der Waals surface area contributed by atoms with Crippen molar-refractivity contribution < 1.29 is 18.0 Å². The first-order valence-corrected chi connectivity index (χ1v) is 12.5. The number of fused-ring (bicyclic) bond motifs is 1. The molecule has 0 radical (unpaired) electrons. The SMILES string of the molecule is CC(C)CC(=O)c1cccc(S(=O)(=O)c2ccc(CCC(=O)c3cnc4nccn4c3)cc2)c1. The predicted molar refractivity (Wildman–Crippen MR) is 128 cm³/mol. The van der Waals surface area contributed by atoms with Gasteiger partial charge in [-0.15, -0.1) is 0 Å². The lowest BCUT2D eigenvalue weighted by molar-refractivity contribution is 0.0964. The van der Waals surface area contributed by atoms with Crippen molar-refractivity contribution in [2.24, 2.45) is 5.92 Å². The van der Waals surface area contributed by atoms with Crippen LogP contribution in [0.5, 0.6) is 0 Å². The van der Waals surface area contributed by atoms with E-state index in [4.69, 9.17) is 0 Å². The molecule has 0 N–H and O–H groups in total. The quantitative estimate of drug-likeness (QED) is 0.328. The molecule has 0 aliphatic heterocycles. The second-order valence-electron chi connectivity index (χ2n) is 8.60. The molecule has 2 aromatic carbocycles. The lowest BCUT2D eigenvalue weighted by Gasteiger charge is -2.09. The van der Waals surface area contributed by atoms with Crippen molar-refractivity contribution in [1.82, 2.24) is 14.4 Å². The lowest BCUT2D eigenvalue weighted by Crippen LogP contribution is -2.07. The Bertz CT molecular complexity index is 1450. The zero-order chi connectivity index (χ0) is 24.3. The highest BCUT2D eigenvalue weighted by atomic mass is 32.2. The summed E-state index contributed by atoms with van der Waals surface area (Å²) < 4.78 is 27.9. The molecule has 4 rings (SSSR count). The molecule has 0 spiro atoms. The van der Waals surface area contributed by atoms with Crippen molar-refractivity contribution in [3.63, 3.8) is 0 Å². The molecule has 0 fully saturated rings. The van der Waals surface area contributed by atoms with E-state index in [9.17, 15) is 18.0 Å². The maximum absolute atomic E-state index is 13.1. The van der Waals surface area contributed by atoms with E-state index in [0.29, 0.717) is 29.7 Å². The Balaban J connectivity index is 1.45. The van der Waals surface area contributed by atoms with Crippen LogP contribution >= 0.6 is 0 Å². The Kier molecular flexibility index (Phi) is 6.70. The van der Waals surface area contributed by atoms with Gasteiger partial charge in [-0.25, -0.2) is 18.4 Å². The monoisotopic (exact) mass is 475 g/mol. The Morgan fingerprint density at radius 2 is 1.71 bits per heavy atom. The Labute approximate surface area is 198 Å². The molecule has 0 atom stereocenters. The van der Waals surface area contributed by atoms with Crippen molar-refractivity contribution in [1.29, 1.82) is 0 Å². The number of Topliss-reactive ketones (excluding diaryl/α,β-unsaturated/α-hetero) is 2. The molecule has 34 heavy (non-hydrogen) atoms. The van der Waals surface area contributed by atoms with E-state index in [2.05, 4.69) is 9.97 Å². The second kappa shape index (κ2) is 9.69. The van der Waals surface area contributed by atoms with E-state index in [-0.39, 0.29) is 33.7 Å². The third-order valence-corrected chi connectivity index (χ3v) is 7.27. The summed E-state index contributed by atoms with van der Waals surface area (Å²) in [4.78, 5) is 33.4. The summed E-state index contributed by atoms with van der Waals surface area (Å²) in [6, 6.07) is 12.7. The van der Waals surface area contributed by atoms with Gasteiger partial charge in [0.1, 0.15) is 0 Å².